The molecule has 0 aliphatic rings. The summed E-state index contributed by atoms with van der Waals surface area (Å²) in [7, 11) is 1.72. The van der Waals surface area contributed by atoms with Gasteiger partial charge in [0.1, 0.15) is 5.82 Å². The lowest BCUT2D eigenvalue weighted by Gasteiger charge is -2.19. The van der Waals surface area contributed by atoms with E-state index in [-0.39, 0.29) is 11.9 Å². The Balaban J connectivity index is 1.67. The van der Waals surface area contributed by atoms with Crippen LogP contribution in [0.5, 0.6) is 0 Å². The Morgan fingerprint density at radius 3 is 2.74 bits per heavy atom. The fourth-order valence-electron chi connectivity index (χ4n) is 2.84. The highest BCUT2D eigenvalue weighted by Crippen LogP contribution is 2.16. The molecule has 0 radical (unpaired) electrons. The Morgan fingerprint density at radius 1 is 1.22 bits per heavy atom. The van der Waals surface area contributed by atoms with E-state index in [1.54, 1.807) is 32.3 Å². The zero-order valence-corrected chi connectivity index (χ0v) is 15.8. The fourth-order valence-corrected chi connectivity index (χ4v) is 2.84. The summed E-state index contributed by atoms with van der Waals surface area (Å²) in [4.78, 5) is 4.28. The number of aliphatic imine (C=N–C) groups is 1. The maximum absolute atomic E-state index is 13.8. The van der Waals surface area contributed by atoms with E-state index in [4.69, 9.17) is 0 Å². The van der Waals surface area contributed by atoms with Crippen LogP contribution in [0.3, 0.4) is 0 Å². The molecule has 0 aliphatic heterocycles. The number of halogens is 1. The number of aromatic nitrogens is 2. The molecule has 0 bridgehead atoms. The Morgan fingerprint density at radius 2 is 2.04 bits per heavy atom. The summed E-state index contributed by atoms with van der Waals surface area (Å²) < 4.78 is 15.7. The summed E-state index contributed by atoms with van der Waals surface area (Å²) in [6.07, 6.45) is 3.67. The van der Waals surface area contributed by atoms with Crippen LogP contribution in [0.2, 0.25) is 0 Å². The van der Waals surface area contributed by atoms with Crippen molar-refractivity contribution >= 4 is 5.96 Å². The molecule has 2 aromatic carbocycles. The first-order chi connectivity index (χ1) is 13.1. The molecule has 27 heavy (non-hydrogen) atoms. The summed E-state index contributed by atoms with van der Waals surface area (Å²) in [6.45, 7) is 4.33. The Bertz CT molecular complexity index is 918. The highest BCUT2D eigenvalue weighted by atomic mass is 19.1. The minimum Gasteiger partial charge on any atom is -0.352 e. The van der Waals surface area contributed by atoms with E-state index >= 15 is 0 Å². The first-order valence-corrected chi connectivity index (χ1v) is 8.89. The average Bonchev–Trinajstić information content (AvgIpc) is 3.22. The van der Waals surface area contributed by atoms with Gasteiger partial charge >= 0.3 is 0 Å². The minimum absolute atomic E-state index is 0.0762. The zero-order valence-electron chi connectivity index (χ0n) is 15.8. The quantitative estimate of drug-likeness (QED) is 0.535. The van der Waals surface area contributed by atoms with Crippen molar-refractivity contribution in [2.75, 3.05) is 7.05 Å². The molecule has 3 rings (SSSR count). The molecule has 5 nitrogen and oxygen atoms in total. The van der Waals surface area contributed by atoms with Gasteiger partial charge in [-0.05, 0) is 48.7 Å². The molecular weight excluding hydrogens is 341 g/mol. The van der Waals surface area contributed by atoms with E-state index in [2.05, 4.69) is 26.8 Å². The van der Waals surface area contributed by atoms with Crippen molar-refractivity contribution in [2.45, 2.75) is 26.4 Å². The number of guanidine groups is 1. The number of nitrogens with one attached hydrogen (secondary N) is 2. The highest BCUT2D eigenvalue weighted by Gasteiger charge is 2.11. The van der Waals surface area contributed by atoms with Crippen molar-refractivity contribution < 1.29 is 4.39 Å². The van der Waals surface area contributed by atoms with E-state index in [1.165, 1.54) is 0 Å². The monoisotopic (exact) mass is 365 g/mol. The molecule has 0 spiro atoms. The molecule has 6 heteroatoms. The van der Waals surface area contributed by atoms with Crippen molar-refractivity contribution in [1.82, 2.24) is 20.4 Å². The maximum atomic E-state index is 13.8. The van der Waals surface area contributed by atoms with Crippen LogP contribution in [0.25, 0.3) is 5.69 Å². The van der Waals surface area contributed by atoms with E-state index in [0.29, 0.717) is 18.1 Å². The number of hydrogen-bond donors (Lipinski definition) is 2. The van der Waals surface area contributed by atoms with Crippen molar-refractivity contribution in [3.63, 3.8) is 0 Å². The normalized spacial score (nSPS) is 12.7. The average molecular weight is 365 g/mol. The lowest BCUT2D eigenvalue weighted by molar-refractivity contribution is 0.607. The first kappa shape index (κ1) is 18.6. The Labute approximate surface area is 159 Å². The van der Waals surface area contributed by atoms with Gasteiger partial charge in [-0.2, -0.15) is 5.10 Å². The van der Waals surface area contributed by atoms with Crippen LogP contribution in [0.1, 0.15) is 29.7 Å². The molecule has 0 saturated carbocycles. The molecule has 3 aromatic rings. The van der Waals surface area contributed by atoms with Crippen molar-refractivity contribution in [2.24, 2.45) is 4.99 Å². The molecule has 0 amide bonds. The smallest absolute Gasteiger partial charge is 0.191 e. The summed E-state index contributed by atoms with van der Waals surface area (Å²) >= 11 is 0. The lowest BCUT2D eigenvalue weighted by atomic mass is 10.1. The second-order valence-electron chi connectivity index (χ2n) is 6.38. The molecule has 1 unspecified atom stereocenters. The fraction of sp³-hybridized carbons (Fsp3) is 0.238. The lowest BCUT2D eigenvalue weighted by Crippen LogP contribution is -2.38. The van der Waals surface area contributed by atoms with Gasteiger partial charge in [0.15, 0.2) is 5.96 Å². The Kier molecular flexibility index (Phi) is 5.86. The zero-order chi connectivity index (χ0) is 19.2. The molecule has 1 heterocycles. The standard InChI is InChI=1S/C21H24FN5/c1-15-9-10-17(13-19(15)22)16(2)26-21(23-3)24-14-18-7-4-5-8-20(18)27-12-6-11-25-27/h4-13,16H,14H2,1-3H3,(H2,23,24,26). The molecule has 0 aliphatic carbocycles. The van der Waals surface area contributed by atoms with Crippen LogP contribution >= 0.6 is 0 Å². The maximum Gasteiger partial charge on any atom is 0.191 e. The molecule has 1 atom stereocenters. The van der Waals surface area contributed by atoms with E-state index in [1.807, 2.05) is 48.1 Å². The predicted octanol–water partition coefficient (Wildman–Crippen LogP) is 3.75. The topological polar surface area (TPSA) is 54.2 Å². The van der Waals surface area contributed by atoms with Gasteiger partial charge in [0.25, 0.3) is 0 Å². The van der Waals surface area contributed by atoms with Crippen LogP contribution in [-0.2, 0) is 6.54 Å². The molecule has 2 N–H and O–H groups in total. The van der Waals surface area contributed by atoms with Crippen molar-refractivity contribution in [1.29, 1.82) is 0 Å². The molecule has 140 valence electrons. The van der Waals surface area contributed by atoms with Crippen LogP contribution < -0.4 is 10.6 Å². The van der Waals surface area contributed by atoms with Gasteiger partial charge in [0.05, 0.1) is 11.7 Å². The molecular formula is C21H24FN5. The van der Waals surface area contributed by atoms with E-state index in [9.17, 15) is 4.39 Å². The minimum atomic E-state index is -0.197. The highest BCUT2D eigenvalue weighted by molar-refractivity contribution is 5.80. The number of aryl methyl sites for hydroxylation is 1. The van der Waals surface area contributed by atoms with Crippen LogP contribution in [-0.4, -0.2) is 22.8 Å². The second kappa shape index (κ2) is 8.49. The number of benzene rings is 2. The van der Waals surface area contributed by atoms with Crippen molar-refractivity contribution in [3.05, 3.63) is 83.4 Å². The van der Waals surface area contributed by atoms with Gasteiger partial charge in [0, 0.05) is 26.0 Å². The SMILES string of the molecule is CN=C(NCc1ccccc1-n1cccn1)NC(C)c1ccc(C)c(F)c1. The predicted molar refractivity (Wildman–Crippen MR) is 106 cm³/mol. The van der Waals surface area contributed by atoms with E-state index in [0.717, 1.165) is 16.8 Å². The van der Waals surface area contributed by atoms with Gasteiger partial charge in [-0.25, -0.2) is 9.07 Å². The number of hydrogen-bond acceptors (Lipinski definition) is 2. The molecule has 1 aromatic heterocycles. The van der Waals surface area contributed by atoms with Gasteiger partial charge in [0.2, 0.25) is 0 Å². The third kappa shape index (κ3) is 4.53. The third-order valence-corrected chi connectivity index (χ3v) is 4.46. The number of rotatable bonds is 5. The number of para-hydroxylation sites is 1. The van der Waals surface area contributed by atoms with E-state index < -0.39 is 0 Å². The van der Waals surface area contributed by atoms with Gasteiger partial charge < -0.3 is 10.6 Å². The first-order valence-electron chi connectivity index (χ1n) is 8.89. The van der Waals surface area contributed by atoms with Crippen LogP contribution in [0.4, 0.5) is 4.39 Å². The van der Waals surface area contributed by atoms with Gasteiger partial charge in [-0.3, -0.25) is 4.99 Å². The van der Waals surface area contributed by atoms with Crippen molar-refractivity contribution in [3.8, 4) is 5.69 Å². The van der Waals surface area contributed by atoms with Crippen LogP contribution in [0.15, 0.2) is 65.9 Å². The second-order valence-corrected chi connectivity index (χ2v) is 6.38. The van der Waals surface area contributed by atoms with Gasteiger partial charge in [-0.1, -0.05) is 30.3 Å². The Hall–Kier alpha value is -3.15. The summed E-state index contributed by atoms with van der Waals surface area (Å²) in [5.41, 5.74) is 3.62. The molecule has 0 fully saturated rings. The summed E-state index contributed by atoms with van der Waals surface area (Å²) in [5.74, 6) is 0.455. The third-order valence-electron chi connectivity index (χ3n) is 4.46. The summed E-state index contributed by atoms with van der Waals surface area (Å²) in [5, 5.41) is 10.9. The summed E-state index contributed by atoms with van der Waals surface area (Å²) in [6, 6.07) is 15.2. The largest absolute Gasteiger partial charge is 0.352 e. The van der Waals surface area contributed by atoms with Gasteiger partial charge in [-0.15, -0.1) is 0 Å². The van der Waals surface area contributed by atoms with Crippen LogP contribution in [0, 0.1) is 12.7 Å². The molecule has 0 saturated heterocycles. The number of nitrogens with zero attached hydrogens (tertiary/aromatic N) is 3.